The van der Waals surface area contributed by atoms with Gasteiger partial charge in [-0.05, 0) is 44.4 Å². The molecule has 0 aromatic carbocycles. The molecule has 2 fully saturated rings. The van der Waals surface area contributed by atoms with Crippen molar-refractivity contribution in [2.24, 2.45) is 5.92 Å². The molecule has 114 valence electrons. The van der Waals surface area contributed by atoms with E-state index in [1.54, 1.807) is 7.11 Å². The van der Waals surface area contributed by atoms with Gasteiger partial charge in [0.15, 0.2) is 0 Å². The van der Waals surface area contributed by atoms with Crippen molar-refractivity contribution in [1.82, 2.24) is 10.2 Å². The van der Waals surface area contributed by atoms with Crippen molar-refractivity contribution in [3.63, 3.8) is 0 Å². The number of carbonyl (C=O) groups excluding carboxylic acids is 1. The van der Waals surface area contributed by atoms with Crippen LogP contribution < -0.4 is 5.32 Å². The number of rotatable bonds is 9. The Bertz CT molecular complexity index is 353. The molecule has 0 saturated heterocycles. The highest BCUT2D eigenvalue weighted by Crippen LogP contribution is 2.34. The van der Waals surface area contributed by atoms with Crippen LogP contribution in [0.15, 0.2) is 0 Å². The molecular weight excluding hydrogens is 260 g/mol. The molecule has 2 amide bonds. The summed E-state index contributed by atoms with van der Waals surface area (Å²) < 4.78 is 4.92. The molecule has 2 N–H and O–H groups in total. The van der Waals surface area contributed by atoms with Crippen LogP contribution in [0, 0.1) is 5.92 Å². The zero-order chi connectivity index (χ0) is 14.5. The lowest BCUT2D eigenvalue weighted by Crippen LogP contribution is -2.49. The molecule has 0 bridgehead atoms. The van der Waals surface area contributed by atoms with Gasteiger partial charge in [-0.25, -0.2) is 9.59 Å². The minimum atomic E-state index is -0.975. The maximum absolute atomic E-state index is 12.3. The van der Waals surface area contributed by atoms with E-state index in [-0.39, 0.29) is 6.03 Å². The quantitative estimate of drug-likeness (QED) is 0.628. The van der Waals surface area contributed by atoms with E-state index in [9.17, 15) is 14.7 Å². The predicted octanol–water partition coefficient (Wildman–Crippen LogP) is 1.45. The summed E-state index contributed by atoms with van der Waals surface area (Å²) in [5.74, 6) is -0.352. The maximum Gasteiger partial charge on any atom is 0.326 e. The summed E-state index contributed by atoms with van der Waals surface area (Å²) in [5, 5.41) is 11.8. The Hall–Kier alpha value is -1.30. The summed E-state index contributed by atoms with van der Waals surface area (Å²) in [6.07, 6.45) is 5.49. The third-order valence-electron chi connectivity index (χ3n) is 3.84. The number of nitrogens with one attached hydrogen (secondary N) is 1. The van der Waals surface area contributed by atoms with Crippen molar-refractivity contribution in [2.75, 3.05) is 20.3 Å². The number of aliphatic carboxylic acids is 1. The van der Waals surface area contributed by atoms with E-state index in [1.807, 2.05) is 4.90 Å². The van der Waals surface area contributed by atoms with Crippen LogP contribution in [-0.4, -0.2) is 54.4 Å². The molecule has 2 rings (SSSR count). The largest absolute Gasteiger partial charge is 0.480 e. The van der Waals surface area contributed by atoms with Crippen LogP contribution in [0.2, 0.25) is 0 Å². The fraction of sp³-hybridized carbons (Fsp3) is 0.857. The van der Waals surface area contributed by atoms with E-state index in [0.717, 1.165) is 19.4 Å². The van der Waals surface area contributed by atoms with Gasteiger partial charge in [-0.2, -0.15) is 0 Å². The first-order valence-corrected chi connectivity index (χ1v) is 7.40. The summed E-state index contributed by atoms with van der Waals surface area (Å²) in [6.45, 7) is 1.29. The number of hydrogen-bond acceptors (Lipinski definition) is 3. The van der Waals surface area contributed by atoms with E-state index in [1.165, 1.54) is 12.8 Å². The normalized spacial score (nSPS) is 19.4. The smallest absolute Gasteiger partial charge is 0.326 e. The third kappa shape index (κ3) is 4.67. The molecule has 0 aromatic rings. The van der Waals surface area contributed by atoms with E-state index in [4.69, 9.17) is 4.74 Å². The van der Waals surface area contributed by atoms with Gasteiger partial charge < -0.3 is 20.1 Å². The standard InChI is InChI=1S/C14H24N2O4/c1-20-8-2-3-12(13(17)18)15-14(19)16(11-6-7-11)9-10-4-5-10/h10-12H,2-9H2,1H3,(H,15,19)(H,17,18). The summed E-state index contributed by atoms with van der Waals surface area (Å²) in [4.78, 5) is 25.3. The molecule has 0 aliphatic heterocycles. The van der Waals surface area contributed by atoms with E-state index in [2.05, 4.69) is 5.32 Å². The van der Waals surface area contributed by atoms with Crippen LogP contribution in [0.3, 0.4) is 0 Å². The Labute approximate surface area is 119 Å². The lowest BCUT2D eigenvalue weighted by Gasteiger charge is -2.25. The number of nitrogens with zero attached hydrogens (tertiary/aromatic N) is 1. The fourth-order valence-electron chi connectivity index (χ4n) is 2.28. The van der Waals surface area contributed by atoms with Crippen LogP contribution in [-0.2, 0) is 9.53 Å². The Kier molecular flexibility index (Phi) is 5.23. The molecule has 6 heteroatoms. The lowest BCUT2D eigenvalue weighted by atomic mass is 10.1. The highest BCUT2D eigenvalue weighted by molar-refractivity contribution is 5.82. The first-order chi connectivity index (χ1) is 9.61. The molecule has 2 aliphatic carbocycles. The van der Waals surface area contributed by atoms with Crippen molar-refractivity contribution in [2.45, 2.75) is 50.6 Å². The van der Waals surface area contributed by atoms with E-state index < -0.39 is 12.0 Å². The Morgan fingerprint density at radius 2 is 2.05 bits per heavy atom. The maximum atomic E-state index is 12.3. The zero-order valence-corrected chi connectivity index (χ0v) is 12.0. The van der Waals surface area contributed by atoms with Gasteiger partial charge in [-0.1, -0.05) is 0 Å². The van der Waals surface area contributed by atoms with Gasteiger partial charge in [0.25, 0.3) is 0 Å². The highest BCUT2D eigenvalue weighted by Gasteiger charge is 2.37. The average molecular weight is 284 g/mol. The van der Waals surface area contributed by atoms with E-state index in [0.29, 0.717) is 31.4 Å². The van der Waals surface area contributed by atoms with Crippen molar-refractivity contribution in [1.29, 1.82) is 0 Å². The minimum Gasteiger partial charge on any atom is -0.480 e. The SMILES string of the molecule is COCCCC(NC(=O)N(CC1CC1)C1CC1)C(=O)O. The summed E-state index contributed by atoms with van der Waals surface area (Å²) in [5.41, 5.74) is 0. The summed E-state index contributed by atoms with van der Waals surface area (Å²) in [7, 11) is 1.58. The Morgan fingerprint density at radius 1 is 1.35 bits per heavy atom. The molecule has 0 heterocycles. The lowest BCUT2D eigenvalue weighted by molar-refractivity contribution is -0.139. The molecule has 2 aliphatic rings. The highest BCUT2D eigenvalue weighted by atomic mass is 16.5. The number of urea groups is 1. The summed E-state index contributed by atoms with van der Waals surface area (Å²) >= 11 is 0. The van der Waals surface area contributed by atoms with Crippen LogP contribution in [0.4, 0.5) is 4.79 Å². The second kappa shape index (κ2) is 6.92. The molecule has 0 spiro atoms. The van der Waals surface area contributed by atoms with Crippen molar-refractivity contribution in [3.05, 3.63) is 0 Å². The van der Waals surface area contributed by atoms with Gasteiger partial charge in [0.2, 0.25) is 0 Å². The van der Waals surface area contributed by atoms with Gasteiger partial charge in [-0.3, -0.25) is 0 Å². The topological polar surface area (TPSA) is 78.9 Å². The summed E-state index contributed by atoms with van der Waals surface area (Å²) in [6, 6.07) is -0.716. The predicted molar refractivity (Wildman–Crippen MR) is 73.5 cm³/mol. The average Bonchev–Trinajstić information content (AvgIpc) is 3.27. The Balaban J connectivity index is 1.82. The number of carboxylic acid groups (broad SMARTS) is 1. The molecule has 6 nitrogen and oxygen atoms in total. The van der Waals surface area contributed by atoms with Gasteiger partial charge >= 0.3 is 12.0 Å². The van der Waals surface area contributed by atoms with Crippen molar-refractivity contribution in [3.8, 4) is 0 Å². The fourth-order valence-corrected chi connectivity index (χ4v) is 2.28. The van der Waals surface area contributed by atoms with Gasteiger partial charge in [0.1, 0.15) is 6.04 Å². The molecule has 1 atom stereocenters. The zero-order valence-electron chi connectivity index (χ0n) is 12.0. The molecule has 2 saturated carbocycles. The number of carbonyl (C=O) groups is 2. The number of carboxylic acids is 1. The Morgan fingerprint density at radius 3 is 2.55 bits per heavy atom. The second-order valence-corrected chi connectivity index (χ2v) is 5.80. The van der Waals surface area contributed by atoms with Crippen LogP contribution in [0.25, 0.3) is 0 Å². The molecule has 0 radical (unpaired) electrons. The molecule has 20 heavy (non-hydrogen) atoms. The molecular formula is C14H24N2O4. The second-order valence-electron chi connectivity index (χ2n) is 5.80. The molecule has 0 aromatic heterocycles. The number of amides is 2. The number of ether oxygens (including phenoxy) is 1. The van der Waals surface area contributed by atoms with Gasteiger partial charge in [0, 0.05) is 26.3 Å². The third-order valence-corrected chi connectivity index (χ3v) is 3.84. The first-order valence-electron chi connectivity index (χ1n) is 7.40. The van der Waals surface area contributed by atoms with Crippen molar-refractivity contribution >= 4 is 12.0 Å². The van der Waals surface area contributed by atoms with Gasteiger partial charge in [-0.15, -0.1) is 0 Å². The van der Waals surface area contributed by atoms with Crippen LogP contribution in [0.1, 0.15) is 38.5 Å². The molecule has 1 unspecified atom stereocenters. The van der Waals surface area contributed by atoms with Gasteiger partial charge in [0.05, 0.1) is 0 Å². The first kappa shape index (κ1) is 15.1. The number of methoxy groups -OCH3 is 1. The van der Waals surface area contributed by atoms with E-state index >= 15 is 0 Å². The van der Waals surface area contributed by atoms with Crippen LogP contribution >= 0.6 is 0 Å². The van der Waals surface area contributed by atoms with Crippen molar-refractivity contribution < 1.29 is 19.4 Å². The minimum absolute atomic E-state index is 0.218. The monoisotopic (exact) mass is 284 g/mol. The number of hydrogen-bond donors (Lipinski definition) is 2. The van der Waals surface area contributed by atoms with Crippen LogP contribution in [0.5, 0.6) is 0 Å².